The molecule has 0 radical (unpaired) electrons. The number of allylic oxidation sites excluding steroid dienone is 5. The zero-order valence-electron chi connectivity index (χ0n) is 46.0. The van der Waals surface area contributed by atoms with Crippen molar-refractivity contribution < 1.29 is 89.4 Å². The predicted molar refractivity (Wildman–Crippen MR) is 286 cm³/mol. The summed E-state index contributed by atoms with van der Waals surface area (Å²) in [5.74, 6) is -0.290. The fourth-order valence-electron chi connectivity index (χ4n) is 9.81. The summed E-state index contributed by atoms with van der Waals surface area (Å²) in [4.78, 5) is 13.3. The van der Waals surface area contributed by atoms with E-state index in [2.05, 4.69) is 43.5 Å². The number of aliphatic hydroxyl groups excluding tert-OH is 11. The van der Waals surface area contributed by atoms with Crippen molar-refractivity contribution in [2.75, 3.05) is 26.4 Å². The molecule has 19 heteroatoms. The second-order valence-electron chi connectivity index (χ2n) is 21.1. The van der Waals surface area contributed by atoms with E-state index in [-0.39, 0.29) is 18.9 Å². The first-order valence-electron chi connectivity index (χ1n) is 29.2. The molecule has 3 rings (SSSR count). The minimum Gasteiger partial charge on any atom is -0.394 e. The molecule has 0 aromatic heterocycles. The Bertz CT molecular complexity index is 1540. The van der Waals surface area contributed by atoms with Gasteiger partial charge in [0.05, 0.1) is 38.6 Å². The smallest absolute Gasteiger partial charge is 0.220 e. The van der Waals surface area contributed by atoms with Gasteiger partial charge in [-0.05, 0) is 44.9 Å². The summed E-state index contributed by atoms with van der Waals surface area (Å²) in [5.41, 5.74) is 0. The number of unbranched alkanes of at least 4 members (excludes halogenated alkanes) is 22. The summed E-state index contributed by atoms with van der Waals surface area (Å²) in [5, 5.41) is 120. The molecule has 3 aliphatic rings. The zero-order chi connectivity index (χ0) is 55.5. The lowest BCUT2D eigenvalue weighted by molar-refractivity contribution is -0.379. The Balaban J connectivity index is 1.54. The molecule has 3 heterocycles. The van der Waals surface area contributed by atoms with Crippen LogP contribution in [0, 0.1) is 0 Å². The molecule has 0 aromatic rings. The molecule has 17 atom stereocenters. The molecule has 0 bridgehead atoms. The van der Waals surface area contributed by atoms with E-state index in [9.17, 15) is 61.0 Å². The number of aliphatic hydroxyl groups is 11. The Morgan fingerprint density at radius 1 is 0.461 bits per heavy atom. The zero-order valence-corrected chi connectivity index (χ0v) is 46.0. The number of hydrogen-bond donors (Lipinski definition) is 12. The van der Waals surface area contributed by atoms with Gasteiger partial charge in [0.25, 0.3) is 0 Å². The molecule has 1 amide bonds. The third-order valence-electron chi connectivity index (χ3n) is 14.7. The minimum atomic E-state index is -1.98. The van der Waals surface area contributed by atoms with E-state index in [1.165, 1.54) is 109 Å². The van der Waals surface area contributed by atoms with Gasteiger partial charge in [0.1, 0.15) is 73.2 Å². The standard InChI is InChI=1S/C57H103NO18/c1-3-5-7-9-11-13-15-17-19-21-23-25-27-29-31-33-35-45(63)58-40(41(62)34-32-30-28-26-24-22-20-18-16-14-12-10-8-6-4-2)39-71-55-51(69)48(66)53(43(37-60)73-55)76-57-52(70)49(67)54(44(38-61)74-57)75-56-50(68)47(65)46(64)42(36-59)72-56/h16,18,24,26,32,34,40-44,46-57,59-62,64-70H,3-15,17,19-23,25,27-31,33,35-39H2,1-2H3,(H,58,63)/b18-16+,26-24+,34-32+. The molecule has 17 unspecified atom stereocenters. The van der Waals surface area contributed by atoms with Crippen LogP contribution in [0.15, 0.2) is 36.5 Å². The van der Waals surface area contributed by atoms with Crippen molar-refractivity contribution in [2.45, 2.75) is 291 Å². The second-order valence-corrected chi connectivity index (χ2v) is 21.1. The van der Waals surface area contributed by atoms with Gasteiger partial charge >= 0.3 is 0 Å². The average molecular weight is 1090 g/mol. The van der Waals surface area contributed by atoms with Crippen LogP contribution in [0.1, 0.15) is 187 Å². The first kappa shape index (κ1) is 68.3. The Morgan fingerprint density at radius 2 is 0.842 bits per heavy atom. The van der Waals surface area contributed by atoms with Gasteiger partial charge in [-0.25, -0.2) is 0 Å². The molecule has 444 valence electrons. The van der Waals surface area contributed by atoms with E-state index in [1.54, 1.807) is 6.08 Å². The SMILES string of the molecule is CCCCCCC/C=C/CC/C=C/CC/C=C/C(O)C(COC1OC(CO)C(OC2OC(CO)C(OC3OC(CO)C(O)C(O)C3O)C(O)C2O)C(O)C1O)NC(=O)CCCCCCCCCCCCCCCCCC. The highest BCUT2D eigenvalue weighted by molar-refractivity contribution is 5.76. The van der Waals surface area contributed by atoms with Crippen molar-refractivity contribution in [3.63, 3.8) is 0 Å². The van der Waals surface area contributed by atoms with E-state index in [0.717, 1.165) is 44.9 Å². The van der Waals surface area contributed by atoms with Crippen LogP contribution in [0.25, 0.3) is 0 Å². The highest BCUT2D eigenvalue weighted by atomic mass is 16.8. The topological polar surface area (TPSA) is 307 Å². The maximum Gasteiger partial charge on any atom is 0.220 e. The fraction of sp³-hybridized carbons (Fsp3) is 0.877. The van der Waals surface area contributed by atoms with Crippen molar-refractivity contribution in [1.82, 2.24) is 5.32 Å². The van der Waals surface area contributed by atoms with Crippen LogP contribution >= 0.6 is 0 Å². The van der Waals surface area contributed by atoms with Crippen LogP contribution in [0.3, 0.4) is 0 Å². The van der Waals surface area contributed by atoms with Crippen molar-refractivity contribution >= 4 is 5.91 Å². The maximum atomic E-state index is 13.3. The van der Waals surface area contributed by atoms with Crippen molar-refractivity contribution in [3.05, 3.63) is 36.5 Å². The third-order valence-corrected chi connectivity index (χ3v) is 14.7. The van der Waals surface area contributed by atoms with Crippen LogP contribution in [0.2, 0.25) is 0 Å². The summed E-state index contributed by atoms with van der Waals surface area (Å²) in [6.45, 7) is 1.67. The average Bonchev–Trinajstić information content (AvgIpc) is 3.42. The molecular formula is C57H103NO18. The second kappa shape index (κ2) is 41.1. The van der Waals surface area contributed by atoms with Crippen LogP contribution in [-0.2, 0) is 33.2 Å². The molecular weight excluding hydrogens is 987 g/mol. The normalized spacial score (nSPS) is 31.2. The molecule has 0 aliphatic carbocycles. The van der Waals surface area contributed by atoms with Crippen LogP contribution in [-0.4, -0.2) is 193 Å². The maximum absolute atomic E-state index is 13.3. The molecule has 3 aliphatic heterocycles. The van der Waals surface area contributed by atoms with Gasteiger partial charge in [-0.3, -0.25) is 4.79 Å². The van der Waals surface area contributed by atoms with Gasteiger partial charge in [0.2, 0.25) is 5.91 Å². The Labute approximate surface area is 453 Å². The lowest BCUT2D eigenvalue weighted by Gasteiger charge is -2.48. The largest absolute Gasteiger partial charge is 0.394 e. The van der Waals surface area contributed by atoms with Crippen LogP contribution < -0.4 is 5.32 Å². The van der Waals surface area contributed by atoms with Gasteiger partial charge in [-0.1, -0.05) is 172 Å². The summed E-state index contributed by atoms with van der Waals surface area (Å²) in [7, 11) is 0. The van der Waals surface area contributed by atoms with E-state index in [4.69, 9.17) is 28.4 Å². The minimum absolute atomic E-state index is 0.235. The lowest BCUT2D eigenvalue weighted by Crippen LogP contribution is -2.66. The Hall–Kier alpha value is -1.99. The summed E-state index contributed by atoms with van der Waals surface area (Å²) in [6, 6.07) is -0.992. The van der Waals surface area contributed by atoms with Crippen molar-refractivity contribution in [2.24, 2.45) is 0 Å². The number of nitrogens with one attached hydrogen (secondary N) is 1. The fourth-order valence-corrected chi connectivity index (χ4v) is 9.81. The summed E-state index contributed by atoms with van der Waals surface area (Å²) < 4.78 is 34.2. The molecule has 0 spiro atoms. The first-order chi connectivity index (χ1) is 36.8. The molecule has 19 nitrogen and oxygen atoms in total. The predicted octanol–water partition coefficient (Wildman–Crippen LogP) is 4.54. The van der Waals surface area contributed by atoms with Crippen molar-refractivity contribution in [3.8, 4) is 0 Å². The highest BCUT2D eigenvalue weighted by Gasteiger charge is 2.53. The Kier molecular flexibility index (Phi) is 36.9. The van der Waals surface area contributed by atoms with E-state index >= 15 is 0 Å². The van der Waals surface area contributed by atoms with Gasteiger partial charge in [0.15, 0.2) is 18.9 Å². The van der Waals surface area contributed by atoms with Crippen LogP contribution in [0.4, 0.5) is 0 Å². The van der Waals surface area contributed by atoms with Crippen molar-refractivity contribution in [1.29, 1.82) is 0 Å². The summed E-state index contributed by atoms with van der Waals surface area (Å²) in [6.07, 6.45) is 15.6. The van der Waals surface area contributed by atoms with Gasteiger partial charge < -0.3 is 89.9 Å². The van der Waals surface area contributed by atoms with E-state index < -0.39 is 124 Å². The molecule has 0 aromatic carbocycles. The lowest BCUT2D eigenvalue weighted by atomic mass is 9.96. The molecule has 0 saturated carbocycles. The molecule has 3 fully saturated rings. The van der Waals surface area contributed by atoms with Gasteiger partial charge in [-0.2, -0.15) is 0 Å². The third kappa shape index (κ3) is 25.2. The van der Waals surface area contributed by atoms with Crippen LogP contribution in [0.5, 0.6) is 0 Å². The van der Waals surface area contributed by atoms with Gasteiger partial charge in [0, 0.05) is 6.42 Å². The highest BCUT2D eigenvalue weighted by Crippen LogP contribution is 2.33. The Morgan fingerprint density at radius 3 is 1.32 bits per heavy atom. The number of carbonyl (C=O) groups is 1. The number of amides is 1. The number of carbonyl (C=O) groups excluding carboxylic acids is 1. The van der Waals surface area contributed by atoms with Gasteiger partial charge in [-0.15, -0.1) is 0 Å². The number of ether oxygens (including phenoxy) is 6. The molecule has 3 saturated heterocycles. The molecule has 12 N–H and O–H groups in total. The van der Waals surface area contributed by atoms with E-state index in [1.807, 2.05) is 6.08 Å². The monoisotopic (exact) mass is 1090 g/mol. The van der Waals surface area contributed by atoms with E-state index in [0.29, 0.717) is 12.8 Å². The quantitative estimate of drug-likeness (QED) is 0.0295. The number of hydrogen-bond acceptors (Lipinski definition) is 18. The first-order valence-corrected chi connectivity index (χ1v) is 29.2. The molecule has 76 heavy (non-hydrogen) atoms. The summed E-state index contributed by atoms with van der Waals surface area (Å²) >= 11 is 0. The number of rotatable bonds is 42.